The predicted molar refractivity (Wildman–Crippen MR) is 87.8 cm³/mol. The van der Waals surface area contributed by atoms with Gasteiger partial charge in [-0.3, -0.25) is 19.0 Å². The molecule has 0 saturated heterocycles. The van der Waals surface area contributed by atoms with Crippen LogP contribution in [0.1, 0.15) is 30.7 Å². The maximum absolute atomic E-state index is 12.6. The van der Waals surface area contributed by atoms with Crippen molar-refractivity contribution in [3.63, 3.8) is 0 Å². The summed E-state index contributed by atoms with van der Waals surface area (Å²) in [5.41, 5.74) is -0.244. The average Bonchev–Trinajstić information content (AvgIpc) is 2.89. The van der Waals surface area contributed by atoms with E-state index in [9.17, 15) is 14.4 Å². The zero-order valence-corrected chi connectivity index (χ0v) is 14.1. The highest BCUT2D eigenvalue weighted by Gasteiger charge is 2.24. The third-order valence-electron chi connectivity index (χ3n) is 3.64. The van der Waals surface area contributed by atoms with Crippen molar-refractivity contribution in [3.05, 3.63) is 27.6 Å². The number of carbonyl (C=O) groups excluding carboxylic acids is 1. The summed E-state index contributed by atoms with van der Waals surface area (Å²) in [6, 6.07) is 1.09. The Hall–Kier alpha value is -2.22. The maximum atomic E-state index is 12.6. The molecule has 0 aromatic carbocycles. The number of carbonyl (C=O) groups is 2. The molecular formula is C15H19N3O4S. The van der Waals surface area contributed by atoms with Gasteiger partial charge in [0.15, 0.2) is 0 Å². The van der Waals surface area contributed by atoms with E-state index in [0.29, 0.717) is 16.6 Å². The standard InChI is InChI=1S/C15H19N3O4S/c1-4-11(15(22)17(3)6-5-12(19)20)18-8-16-13-10(14(18)21)7-9(2)23-13/h7-8,11H,4-6H2,1-3H3,(H,19,20). The molecule has 1 atom stereocenters. The first kappa shape index (κ1) is 17.1. The van der Waals surface area contributed by atoms with Gasteiger partial charge in [0.2, 0.25) is 5.91 Å². The molecule has 124 valence electrons. The molecule has 0 bridgehead atoms. The van der Waals surface area contributed by atoms with E-state index in [2.05, 4.69) is 4.98 Å². The molecule has 2 aromatic rings. The fraction of sp³-hybridized carbons (Fsp3) is 0.467. The molecule has 1 N–H and O–H groups in total. The summed E-state index contributed by atoms with van der Waals surface area (Å²) in [4.78, 5) is 43.0. The minimum atomic E-state index is -0.966. The Bertz CT molecular complexity index is 796. The number of aliphatic carboxylic acids is 1. The largest absolute Gasteiger partial charge is 0.481 e. The molecule has 2 heterocycles. The van der Waals surface area contributed by atoms with Gasteiger partial charge in [-0.05, 0) is 19.4 Å². The molecule has 0 aliphatic rings. The van der Waals surface area contributed by atoms with E-state index in [0.717, 1.165) is 4.88 Å². The van der Waals surface area contributed by atoms with Crippen molar-refractivity contribution in [1.82, 2.24) is 14.5 Å². The van der Waals surface area contributed by atoms with Crippen LogP contribution < -0.4 is 5.56 Å². The summed E-state index contributed by atoms with van der Waals surface area (Å²) in [5.74, 6) is -1.25. The number of hydrogen-bond acceptors (Lipinski definition) is 5. The molecule has 1 amide bonds. The molecule has 0 saturated carbocycles. The fourth-order valence-corrected chi connectivity index (χ4v) is 3.24. The van der Waals surface area contributed by atoms with E-state index in [1.54, 1.807) is 13.1 Å². The number of nitrogens with zero attached hydrogens (tertiary/aromatic N) is 3. The molecule has 23 heavy (non-hydrogen) atoms. The third kappa shape index (κ3) is 3.58. The van der Waals surface area contributed by atoms with Gasteiger partial charge < -0.3 is 10.0 Å². The topological polar surface area (TPSA) is 92.5 Å². The number of hydrogen-bond donors (Lipinski definition) is 1. The van der Waals surface area contributed by atoms with E-state index in [-0.39, 0.29) is 24.4 Å². The lowest BCUT2D eigenvalue weighted by Gasteiger charge is -2.23. The van der Waals surface area contributed by atoms with Crippen molar-refractivity contribution in [2.75, 3.05) is 13.6 Å². The van der Waals surface area contributed by atoms with Crippen LogP contribution in [0, 0.1) is 6.92 Å². The smallest absolute Gasteiger partial charge is 0.305 e. The van der Waals surface area contributed by atoms with Gasteiger partial charge in [-0.1, -0.05) is 6.92 Å². The van der Waals surface area contributed by atoms with Crippen molar-refractivity contribution in [3.8, 4) is 0 Å². The number of thiophene rings is 1. The Balaban J connectivity index is 2.33. The highest BCUT2D eigenvalue weighted by atomic mass is 32.1. The lowest BCUT2D eigenvalue weighted by molar-refractivity contribution is -0.139. The van der Waals surface area contributed by atoms with Gasteiger partial charge in [0, 0.05) is 18.5 Å². The second-order valence-electron chi connectivity index (χ2n) is 5.36. The van der Waals surface area contributed by atoms with Crippen molar-refractivity contribution < 1.29 is 14.7 Å². The Labute approximate surface area is 137 Å². The molecule has 0 aliphatic carbocycles. The van der Waals surface area contributed by atoms with Gasteiger partial charge in [-0.2, -0.15) is 0 Å². The van der Waals surface area contributed by atoms with Crippen molar-refractivity contribution >= 4 is 33.4 Å². The molecule has 0 radical (unpaired) electrons. The minimum absolute atomic E-state index is 0.104. The second-order valence-corrected chi connectivity index (χ2v) is 6.60. The molecule has 8 heteroatoms. The van der Waals surface area contributed by atoms with Crippen LogP contribution in [0.4, 0.5) is 0 Å². The van der Waals surface area contributed by atoms with E-state index in [1.165, 1.54) is 27.1 Å². The SMILES string of the molecule is CCC(C(=O)N(C)CCC(=O)O)n1cnc2sc(C)cc2c1=O. The number of likely N-dealkylation sites (N-methyl/N-ethyl adjacent to an activating group) is 1. The number of amides is 1. The molecule has 0 spiro atoms. The highest BCUT2D eigenvalue weighted by molar-refractivity contribution is 7.18. The minimum Gasteiger partial charge on any atom is -0.481 e. The summed E-state index contributed by atoms with van der Waals surface area (Å²) in [7, 11) is 1.54. The van der Waals surface area contributed by atoms with Crippen molar-refractivity contribution in [2.24, 2.45) is 0 Å². The maximum Gasteiger partial charge on any atom is 0.305 e. The Morgan fingerprint density at radius 2 is 2.17 bits per heavy atom. The summed E-state index contributed by atoms with van der Waals surface area (Å²) in [6.45, 7) is 3.81. The molecular weight excluding hydrogens is 318 g/mol. The van der Waals surface area contributed by atoms with Gasteiger partial charge in [-0.15, -0.1) is 11.3 Å². The first-order valence-electron chi connectivity index (χ1n) is 7.29. The number of aromatic nitrogens is 2. The van der Waals surface area contributed by atoms with Crippen molar-refractivity contribution in [1.29, 1.82) is 0 Å². The quantitative estimate of drug-likeness (QED) is 0.865. The zero-order chi connectivity index (χ0) is 17.1. The van der Waals surface area contributed by atoms with Crippen LogP contribution in [0.25, 0.3) is 10.2 Å². The summed E-state index contributed by atoms with van der Waals surface area (Å²) in [6.07, 6.45) is 1.69. The molecule has 2 rings (SSSR count). The van der Waals surface area contributed by atoms with Crippen LogP contribution >= 0.6 is 11.3 Å². The van der Waals surface area contributed by atoms with Crippen LogP contribution in [0.3, 0.4) is 0 Å². The van der Waals surface area contributed by atoms with Gasteiger partial charge in [0.05, 0.1) is 18.1 Å². The lowest BCUT2D eigenvalue weighted by atomic mass is 10.2. The first-order valence-corrected chi connectivity index (χ1v) is 8.10. The lowest BCUT2D eigenvalue weighted by Crippen LogP contribution is -2.39. The van der Waals surface area contributed by atoms with E-state index in [1.807, 2.05) is 13.8 Å². The second kappa shape index (κ2) is 6.91. The van der Waals surface area contributed by atoms with Gasteiger partial charge in [-0.25, -0.2) is 4.98 Å². The Morgan fingerprint density at radius 3 is 2.78 bits per heavy atom. The van der Waals surface area contributed by atoms with Crippen LogP contribution in [-0.4, -0.2) is 45.0 Å². The summed E-state index contributed by atoms with van der Waals surface area (Å²) >= 11 is 1.44. The molecule has 2 aromatic heterocycles. The zero-order valence-electron chi connectivity index (χ0n) is 13.3. The monoisotopic (exact) mass is 337 g/mol. The highest BCUT2D eigenvalue weighted by Crippen LogP contribution is 2.21. The normalized spacial score (nSPS) is 12.3. The number of rotatable bonds is 6. The molecule has 0 fully saturated rings. The predicted octanol–water partition coefficient (Wildman–Crippen LogP) is 1.65. The average molecular weight is 337 g/mol. The van der Waals surface area contributed by atoms with E-state index >= 15 is 0 Å². The third-order valence-corrected chi connectivity index (χ3v) is 4.60. The van der Waals surface area contributed by atoms with Crippen LogP contribution in [0.5, 0.6) is 0 Å². The summed E-state index contributed by atoms with van der Waals surface area (Å²) < 4.78 is 1.34. The van der Waals surface area contributed by atoms with Gasteiger partial charge in [0.25, 0.3) is 5.56 Å². The molecule has 0 aliphatic heterocycles. The van der Waals surface area contributed by atoms with E-state index < -0.39 is 12.0 Å². The van der Waals surface area contributed by atoms with Crippen LogP contribution in [0.15, 0.2) is 17.2 Å². The summed E-state index contributed by atoms with van der Waals surface area (Å²) in [5, 5.41) is 9.23. The van der Waals surface area contributed by atoms with E-state index in [4.69, 9.17) is 5.11 Å². The number of carboxylic acids is 1. The number of fused-ring (bicyclic) bond motifs is 1. The van der Waals surface area contributed by atoms with Crippen LogP contribution in [-0.2, 0) is 9.59 Å². The fourth-order valence-electron chi connectivity index (χ4n) is 2.40. The van der Waals surface area contributed by atoms with Crippen molar-refractivity contribution in [2.45, 2.75) is 32.7 Å². The Morgan fingerprint density at radius 1 is 1.48 bits per heavy atom. The van der Waals surface area contributed by atoms with Gasteiger partial charge >= 0.3 is 5.97 Å². The number of aryl methyl sites for hydroxylation is 1. The molecule has 1 unspecified atom stereocenters. The first-order chi connectivity index (χ1) is 10.8. The van der Waals surface area contributed by atoms with Crippen LogP contribution in [0.2, 0.25) is 0 Å². The number of carboxylic acid groups (broad SMARTS) is 1. The van der Waals surface area contributed by atoms with Gasteiger partial charge in [0.1, 0.15) is 10.9 Å². The molecule has 7 nitrogen and oxygen atoms in total. The Kier molecular flexibility index (Phi) is 5.15.